The Hall–Kier alpha value is 1.58. The molecule has 0 N–H and O–H groups in total. The maximum Gasteiger partial charge on any atom is 2.00 e. The number of ether oxygens (including phenoxy) is 1. The van der Waals surface area contributed by atoms with Gasteiger partial charge in [0, 0.05) is 17.1 Å². The molecule has 0 amide bonds. The monoisotopic (exact) mass is 375 g/mol. The maximum atomic E-state index is 5.24. The zero-order valence-electron chi connectivity index (χ0n) is 9.70. The Morgan fingerprint density at radius 2 is 1.86 bits per heavy atom. The number of rotatable bonds is 0. The van der Waals surface area contributed by atoms with Crippen molar-refractivity contribution in [3.8, 4) is 5.75 Å². The Morgan fingerprint density at radius 3 is 2.50 bits per heavy atom. The first-order valence-electron chi connectivity index (χ1n) is 3.36. The van der Waals surface area contributed by atoms with E-state index < -0.39 is 0 Å². The summed E-state index contributed by atoms with van der Waals surface area (Å²) in [5.74, 6) is 0.991. The molecule has 1 aromatic rings. The number of fused-ring (bicyclic) bond motifs is 1. The summed E-state index contributed by atoms with van der Waals surface area (Å²) in [5, 5.41) is 0. The van der Waals surface area contributed by atoms with Crippen LogP contribution in [0.3, 0.4) is 0 Å². The van der Waals surface area contributed by atoms with E-state index >= 15 is 0 Å². The quantitative estimate of drug-likeness (QED) is 0.633. The Balaban J connectivity index is -0.0000000672. The van der Waals surface area contributed by atoms with Gasteiger partial charge in [-0.2, -0.15) is 0 Å². The van der Waals surface area contributed by atoms with Gasteiger partial charge in [-0.15, -0.1) is 0 Å². The second-order valence-electron chi connectivity index (χ2n) is 2.30. The fourth-order valence-electron chi connectivity index (χ4n) is 1.08. The van der Waals surface area contributed by atoms with E-state index in [0.29, 0.717) is 0 Å². The molecule has 0 aliphatic carbocycles. The van der Waals surface area contributed by atoms with Gasteiger partial charge < -0.3 is 13.1 Å². The minimum atomic E-state index is 0. The van der Waals surface area contributed by atoms with E-state index in [1.165, 1.54) is 5.56 Å². The fraction of sp³-hybridized carbons (Fsp3) is 0.111. The number of benzene rings is 1. The topological polar surface area (TPSA) is 37.7 Å². The summed E-state index contributed by atoms with van der Waals surface area (Å²) in [6.45, 7) is 0. The second-order valence-corrected chi connectivity index (χ2v) is 2.30. The minimum Gasteiger partial charge on any atom is -2.00 e. The molecule has 14 heavy (non-hydrogen) atoms. The normalized spacial score (nSPS) is 10.0. The van der Waals surface area contributed by atoms with E-state index in [9.17, 15) is 0 Å². The molecule has 0 bridgehead atoms. The first kappa shape index (κ1) is 20.9. The molecule has 2 nitrogen and oxygen atoms in total. The van der Waals surface area contributed by atoms with Crippen LogP contribution in [0.15, 0.2) is 36.6 Å². The van der Waals surface area contributed by atoms with E-state index in [2.05, 4.69) is 6.07 Å². The molecule has 1 aromatic carbocycles. The summed E-state index contributed by atoms with van der Waals surface area (Å²) >= 11 is 0. The van der Waals surface area contributed by atoms with Gasteiger partial charge in [0.15, 0.2) is 0 Å². The van der Waals surface area contributed by atoms with Crippen molar-refractivity contribution in [3.63, 3.8) is 0 Å². The standard InChI is InChI=1S/C9H8O.Ba.Cu.Mg.O.2H/c1-2-6-9-8(4-1)5-3-7-10-9;;;;;;/h1-4,6-7H,5H2;;;;;;/q;+2;;+2;-2;2*-1. The number of allylic oxidation sites excluding steroid dienone is 1. The molecule has 73 valence electrons. The first-order valence-corrected chi connectivity index (χ1v) is 3.36. The van der Waals surface area contributed by atoms with E-state index in [-0.39, 0.29) is 97.3 Å². The van der Waals surface area contributed by atoms with Gasteiger partial charge in [-0.3, -0.25) is 0 Å². The van der Waals surface area contributed by atoms with Crippen LogP contribution in [0.1, 0.15) is 8.42 Å². The van der Waals surface area contributed by atoms with E-state index in [0.717, 1.165) is 12.2 Å². The molecule has 1 radical (unpaired) electrons. The van der Waals surface area contributed by atoms with Gasteiger partial charge in [0.25, 0.3) is 0 Å². The SMILES string of the molecule is C1=COc2ccccc2C1.[Ba+2].[Cu].[H-].[H-].[Mg+2].[O-2]. The smallest absolute Gasteiger partial charge is 2.00 e. The molecule has 1 aliphatic rings. The number of hydrogen-bond donors (Lipinski definition) is 0. The molecule has 0 unspecified atom stereocenters. The van der Waals surface area contributed by atoms with Crippen molar-refractivity contribution in [1.29, 1.82) is 0 Å². The number of para-hydroxylation sites is 1. The van der Waals surface area contributed by atoms with Gasteiger partial charge >= 0.3 is 71.9 Å². The van der Waals surface area contributed by atoms with Crippen LogP contribution < -0.4 is 4.74 Å². The Kier molecular flexibility index (Phi) is 16.6. The third-order valence-corrected chi connectivity index (χ3v) is 1.60. The average Bonchev–Trinajstić information content (AvgIpc) is 2.05. The van der Waals surface area contributed by atoms with Crippen LogP contribution in [-0.4, -0.2) is 71.9 Å². The molecule has 0 saturated heterocycles. The molecule has 1 heterocycles. The third kappa shape index (κ3) is 5.60. The predicted molar refractivity (Wildman–Crippen MR) is 54.3 cm³/mol. The van der Waals surface area contributed by atoms with E-state index in [4.69, 9.17) is 4.74 Å². The van der Waals surface area contributed by atoms with Crippen LogP contribution in [0.5, 0.6) is 5.75 Å². The van der Waals surface area contributed by atoms with Crippen LogP contribution in [0.4, 0.5) is 0 Å². The number of hydrogen-bond acceptors (Lipinski definition) is 1. The Bertz CT molecular complexity index is 263. The van der Waals surface area contributed by atoms with Gasteiger partial charge in [-0.05, 0) is 24.1 Å². The summed E-state index contributed by atoms with van der Waals surface area (Å²) in [6, 6.07) is 8.08. The van der Waals surface area contributed by atoms with Crippen LogP contribution in [0, 0.1) is 0 Å². The molecule has 0 aromatic heterocycles. The van der Waals surface area contributed by atoms with Crippen molar-refractivity contribution in [2.75, 3.05) is 0 Å². The van der Waals surface area contributed by atoms with Crippen LogP contribution in [0.25, 0.3) is 0 Å². The zero-order valence-corrected chi connectivity index (χ0v) is 14.5. The largest absolute Gasteiger partial charge is 2.00 e. The Labute approximate surface area is 154 Å². The van der Waals surface area contributed by atoms with Crippen LogP contribution >= 0.6 is 0 Å². The van der Waals surface area contributed by atoms with Crippen molar-refractivity contribution >= 4 is 71.9 Å². The molecule has 0 atom stereocenters. The van der Waals surface area contributed by atoms with Gasteiger partial charge in [0.05, 0.1) is 6.26 Å². The molecule has 0 spiro atoms. The van der Waals surface area contributed by atoms with E-state index in [1.807, 2.05) is 24.3 Å². The first-order chi connectivity index (χ1) is 4.97. The molecule has 0 saturated carbocycles. The fourth-order valence-corrected chi connectivity index (χ4v) is 1.08. The average molecular weight is 375 g/mol. The van der Waals surface area contributed by atoms with Gasteiger partial charge in [0.2, 0.25) is 0 Å². The van der Waals surface area contributed by atoms with Crippen molar-refractivity contribution in [3.05, 3.63) is 42.2 Å². The van der Waals surface area contributed by atoms with Crippen molar-refractivity contribution in [1.82, 2.24) is 0 Å². The summed E-state index contributed by atoms with van der Waals surface area (Å²) in [7, 11) is 0. The van der Waals surface area contributed by atoms with Crippen LogP contribution in [0.2, 0.25) is 0 Å². The molecular formula is C9H10BaCuMgO2. The molecule has 1 aliphatic heterocycles. The summed E-state index contributed by atoms with van der Waals surface area (Å²) in [4.78, 5) is 0. The minimum absolute atomic E-state index is 0. The van der Waals surface area contributed by atoms with Crippen molar-refractivity contribution in [2.24, 2.45) is 0 Å². The summed E-state index contributed by atoms with van der Waals surface area (Å²) in [6.07, 6.45) is 4.75. The Morgan fingerprint density at radius 1 is 1.21 bits per heavy atom. The molecule has 0 fully saturated rings. The van der Waals surface area contributed by atoms with Gasteiger partial charge in [-0.1, -0.05) is 18.2 Å². The van der Waals surface area contributed by atoms with Crippen molar-refractivity contribution < 1.29 is 30.1 Å². The zero-order chi connectivity index (χ0) is 6.81. The molecule has 5 heteroatoms. The second kappa shape index (κ2) is 11.1. The summed E-state index contributed by atoms with van der Waals surface area (Å²) in [5.41, 5.74) is 1.27. The molecule has 2 rings (SSSR count). The maximum absolute atomic E-state index is 5.24. The predicted octanol–water partition coefficient (Wildman–Crippen LogP) is 1.48. The van der Waals surface area contributed by atoms with Crippen LogP contribution in [-0.2, 0) is 29.0 Å². The molecular weight excluding hydrogens is 365 g/mol. The van der Waals surface area contributed by atoms with Gasteiger partial charge in [0.1, 0.15) is 5.75 Å². The summed E-state index contributed by atoms with van der Waals surface area (Å²) < 4.78 is 5.24. The van der Waals surface area contributed by atoms with Crippen molar-refractivity contribution in [2.45, 2.75) is 6.42 Å². The van der Waals surface area contributed by atoms with Gasteiger partial charge in [-0.25, -0.2) is 0 Å². The van der Waals surface area contributed by atoms with E-state index in [1.54, 1.807) is 6.26 Å². The third-order valence-electron chi connectivity index (χ3n) is 1.60.